The molecule has 6 rings (SSSR count). The zero-order valence-electron chi connectivity index (χ0n) is 19.8. The van der Waals surface area contributed by atoms with Gasteiger partial charge in [0, 0.05) is 19.7 Å². The van der Waals surface area contributed by atoms with E-state index in [1.807, 2.05) is 12.3 Å². The van der Waals surface area contributed by atoms with Crippen molar-refractivity contribution in [2.24, 2.45) is 0 Å². The molecule has 10 heteroatoms. The van der Waals surface area contributed by atoms with Crippen LogP contribution in [0.1, 0.15) is 51.5 Å². The Balaban J connectivity index is 1.27. The smallest absolute Gasteiger partial charge is 0.256 e. The number of fused-ring (bicyclic) bond motifs is 2. The topological polar surface area (TPSA) is 91.3 Å². The fraction of sp³-hybridized carbons (Fsp3) is 0.400. The Kier molecular flexibility index (Phi) is 5.01. The van der Waals surface area contributed by atoms with E-state index in [0.29, 0.717) is 39.0 Å². The Morgan fingerprint density at radius 2 is 1.89 bits per heavy atom. The van der Waals surface area contributed by atoms with Gasteiger partial charge >= 0.3 is 0 Å². The number of piperidine rings is 1. The number of carbonyl (C=O) groups is 2. The third kappa shape index (κ3) is 3.38. The summed E-state index contributed by atoms with van der Waals surface area (Å²) in [4.78, 5) is 43.2. The van der Waals surface area contributed by atoms with Crippen molar-refractivity contribution in [3.8, 4) is 10.6 Å². The number of hydrogen-bond acceptors (Lipinski definition) is 8. The largest absolute Gasteiger partial charge is 0.324 e. The normalized spacial score (nSPS) is 22.2. The lowest BCUT2D eigenvalue weighted by atomic mass is 9.91. The maximum absolute atomic E-state index is 14.9. The van der Waals surface area contributed by atoms with E-state index in [1.165, 1.54) is 21.8 Å². The molecule has 2 aliphatic heterocycles. The molecule has 1 amide bonds. The number of anilines is 2. The van der Waals surface area contributed by atoms with E-state index < -0.39 is 11.4 Å². The van der Waals surface area contributed by atoms with Crippen LogP contribution >= 0.6 is 11.3 Å². The van der Waals surface area contributed by atoms with E-state index in [0.717, 1.165) is 32.1 Å². The number of rotatable bonds is 4. The molecule has 2 fully saturated rings. The summed E-state index contributed by atoms with van der Waals surface area (Å²) in [6.45, 7) is 3.94. The van der Waals surface area contributed by atoms with E-state index in [1.54, 1.807) is 14.0 Å². The molecule has 0 bridgehead atoms. The first-order valence-corrected chi connectivity index (χ1v) is 12.5. The third-order valence-corrected chi connectivity index (χ3v) is 8.99. The van der Waals surface area contributed by atoms with Gasteiger partial charge in [0.25, 0.3) is 5.91 Å². The molecule has 3 aliphatic rings. The van der Waals surface area contributed by atoms with E-state index in [-0.39, 0.29) is 23.3 Å². The van der Waals surface area contributed by atoms with Crippen LogP contribution in [0.15, 0.2) is 24.5 Å². The number of nitrogens with one attached hydrogen (secondary N) is 1. The Hall–Kier alpha value is -3.24. The monoisotopic (exact) mass is 492 g/mol. The Morgan fingerprint density at radius 3 is 2.54 bits per heavy atom. The molecule has 0 radical (unpaired) electrons. The highest BCUT2D eigenvalue weighted by molar-refractivity contribution is 7.16. The number of pyridine rings is 1. The fourth-order valence-electron chi connectivity index (χ4n) is 5.25. The van der Waals surface area contributed by atoms with Crippen LogP contribution < -0.4 is 5.32 Å². The fourth-order valence-corrected chi connectivity index (χ4v) is 6.78. The van der Waals surface area contributed by atoms with Gasteiger partial charge < -0.3 is 15.1 Å². The van der Waals surface area contributed by atoms with Crippen LogP contribution in [0.3, 0.4) is 0 Å². The molecule has 1 atom stereocenters. The molecule has 1 saturated heterocycles. The summed E-state index contributed by atoms with van der Waals surface area (Å²) in [6.07, 6.45) is 5.54. The SMILES string of the molecule is Cc1c(-c2nc(Nc3ccc(C4CCN(C)CC4)cn3)ncc2F)sc2c1C(=O)N(C)C21CC1=O. The van der Waals surface area contributed by atoms with Crippen LogP contribution in [-0.2, 0) is 10.3 Å². The Labute approximate surface area is 206 Å². The molecule has 1 unspecified atom stereocenters. The Bertz CT molecular complexity index is 1370. The average Bonchev–Trinajstić information content (AvgIpc) is 3.35. The van der Waals surface area contributed by atoms with E-state index in [9.17, 15) is 14.0 Å². The van der Waals surface area contributed by atoms with Gasteiger partial charge in [0.05, 0.1) is 21.5 Å². The lowest BCUT2D eigenvalue weighted by molar-refractivity contribution is -0.113. The number of Topliss-reactive ketones (excluding diaryl/α,β-unsaturated/α-hetero) is 1. The number of likely N-dealkylation sites (N-methyl/N-ethyl adjacent to an activating group) is 1. The van der Waals surface area contributed by atoms with Gasteiger partial charge in [0.15, 0.2) is 11.6 Å². The summed E-state index contributed by atoms with van der Waals surface area (Å²) >= 11 is 1.27. The second-order valence-electron chi connectivity index (χ2n) is 9.65. The highest BCUT2D eigenvalue weighted by atomic mass is 32.1. The van der Waals surface area contributed by atoms with Crippen molar-refractivity contribution < 1.29 is 14.0 Å². The van der Waals surface area contributed by atoms with Crippen molar-refractivity contribution in [2.45, 2.75) is 37.6 Å². The highest BCUT2D eigenvalue weighted by Gasteiger charge is 2.66. The molecule has 1 spiro atoms. The van der Waals surface area contributed by atoms with Gasteiger partial charge in [-0.1, -0.05) is 6.07 Å². The summed E-state index contributed by atoms with van der Waals surface area (Å²) in [5, 5.41) is 3.07. The van der Waals surface area contributed by atoms with Crippen molar-refractivity contribution >= 4 is 34.8 Å². The molecule has 3 aromatic heterocycles. The number of nitrogens with zero attached hydrogens (tertiary/aromatic N) is 5. The van der Waals surface area contributed by atoms with Gasteiger partial charge in [-0.25, -0.2) is 19.3 Å². The maximum atomic E-state index is 14.9. The van der Waals surface area contributed by atoms with Crippen LogP contribution in [0.25, 0.3) is 10.6 Å². The molecule has 35 heavy (non-hydrogen) atoms. The number of aromatic nitrogens is 3. The molecule has 1 aliphatic carbocycles. The maximum Gasteiger partial charge on any atom is 0.256 e. The number of amides is 1. The summed E-state index contributed by atoms with van der Waals surface area (Å²) in [7, 11) is 3.79. The zero-order valence-corrected chi connectivity index (χ0v) is 20.6. The molecular weight excluding hydrogens is 467 g/mol. The highest BCUT2D eigenvalue weighted by Crippen LogP contribution is 2.57. The molecule has 5 heterocycles. The van der Waals surface area contributed by atoms with Crippen LogP contribution in [0.4, 0.5) is 16.2 Å². The predicted molar refractivity (Wildman–Crippen MR) is 130 cm³/mol. The lowest BCUT2D eigenvalue weighted by Gasteiger charge is -2.29. The van der Waals surface area contributed by atoms with Gasteiger partial charge in [0.2, 0.25) is 5.95 Å². The van der Waals surface area contributed by atoms with E-state index in [4.69, 9.17) is 0 Å². The first kappa shape index (κ1) is 22.2. The predicted octanol–water partition coefficient (Wildman–Crippen LogP) is 3.85. The minimum absolute atomic E-state index is 0.0141. The number of hydrogen-bond donors (Lipinski definition) is 1. The molecule has 0 aromatic carbocycles. The average molecular weight is 493 g/mol. The van der Waals surface area contributed by atoms with Gasteiger partial charge in [-0.15, -0.1) is 11.3 Å². The van der Waals surface area contributed by atoms with E-state index >= 15 is 0 Å². The second-order valence-corrected chi connectivity index (χ2v) is 10.7. The number of halogens is 1. The number of carbonyl (C=O) groups excluding carboxylic acids is 2. The van der Waals surface area contributed by atoms with Gasteiger partial charge in [0.1, 0.15) is 17.1 Å². The quantitative estimate of drug-likeness (QED) is 0.591. The summed E-state index contributed by atoms with van der Waals surface area (Å²) < 4.78 is 14.9. The van der Waals surface area contributed by atoms with Gasteiger partial charge in [-0.2, -0.15) is 0 Å². The first-order chi connectivity index (χ1) is 16.8. The van der Waals surface area contributed by atoms with Gasteiger partial charge in [-0.05, 0) is 63.0 Å². The first-order valence-electron chi connectivity index (χ1n) is 11.7. The van der Waals surface area contributed by atoms with Crippen molar-refractivity contribution in [3.05, 3.63) is 51.9 Å². The number of thiophene rings is 1. The van der Waals surface area contributed by atoms with Crippen molar-refractivity contribution in [1.82, 2.24) is 24.8 Å². The number of likely N-dealkylation sites (tertiary alicyclic amines) is 1. The van der Waals surface area contributed by atoms with Gasteiger partial charge in [-0.3, -0.25) is 9.59 Å². The minimum atomic E-state index is -0.871. The molecule has 1 N–H and O–H groups in total. The minimum Gasteiger partial charge on any atom is -0.324 e. The summed E-state index contributed by atoms with van der Waals surface area (Å²) in [5.74, 6) is 0.529. The molecule has 3 aromatic rings. The van der Waals surface area contributed by atoms with Crippen LogP contribution in [0.5, 0.6) is 0 Å². The van der Waals surface area contributed by atoms with Crippen molar-refractivity contribution in [1.29, 1.82) is 0 Å². The molecular formula is C25H25FN6O2S. The summed E-state index contributed by atoms with van der Waals surface area (Å²) in [6, 6.07) is 3.96. The third-order valence-electron chi connectivity index (χ3n) is 7.54. The van der Waals surface area contributed by atoms with Crippen LogP contribution in [0, 0.1) is 12.7 Å². The Morgan fingerprint density at radius 1 is 1.14 bits per heavy atom. The van der Waals surface area contributed by atoms with Crippen LogP contribution in [-0.4, -0.2) is 63.6 Å². The molecule has 1 saturated carbocycles. The number of ketones is 1. The van der Waals surface area contributed by atoms with E-state index in [2.05, 4.69) is 38.3 Å². The second kappa shape index (κ2) is 7.89. The lowest BCUT2D eigenvalue weighted by Crippen LogP contribution is -2.31. The molecule has 8 nitrogen and oxygen atoms in total. The zero-order chi connectivity index (χ0) is 24.5. The summed E-state index contributed by atoms with van der Waals surface area (Å²) in [5.41, 5.74) is 1.59. The molecule has 180 valence electrons. The van der Waals surface area contributed by atoms with Crippen molar-refractivity contribution in [3.63, 3.8) is 0 Å². The standard InChI is InChI=1S/C25H25FN6O2S/c1-13-19-22(25(10-17(25)33)32(3)23(19)34)35-21(13)20-16(26)12-28-24(30-20)29-18-5-4-15(11-27-18)14-6-8-31(2)9-7-14/h4-5,11-12,14H,6-10H2,1-3H3,(H,27,28,29,30). The van der Waals surface area contributed by atoms with Crippen LogP contribution in [0.2, 0.25) is 0 Å². The van der Waals surface area contributed by atoms with Crippen molar-refractivity contribution in [2.75, 3.05) is 32.5 Å².